The van der Waals surface area contributed by atoms with Crippen LogP contribution in [-0.2, 0) is 24.2 Å². The summed E-state index contributed by atoms with van der Waals surface area (Å²) in [6.07, 6.45) is 3.01. The minimum absolute atomic E-state index is 0.0739. The summed E-state index contributed by atoms with van der Waals surface area (Å²) in [5, 5.41) is 11.6. The highest BCUT2D eigenvalue weighted by molar-refractivity contribution is 7.18. The van der Waals surface area contributed by atoms with Crippen LogP contribution < -0.4 is 10.9 Å². The van der Waals surface area contributed by atoms with Crippen molar-refractivity contribution in [2.45, 2.75) is 46.6 Å². The monoisotopic (exact) mass is 334 g/mol. The molecule has 0 radical (unpaired) electrons. The molecule has 0 bridgehead atoms. The minimum Gasteiger partial charge on any atom is -0.354 e. The average molecular weight is 334 g/mol. The lowest BCUT2D eigenvalue weighted by Crippen LogP contribution is -2.35. The zero-order chi connectivity index (χ0) is 16.6. The summed E-state index contributed by atoms with van der Waals surface area (Å²) in [6.45, 7) is 6.80. The summed E-state index contributed by atoms with van der Waals surface area (Å²) in [5.74, 6) is 0.815. The second-order valence-electron chi connectivity index (χ2n) is 6.78. The van der Waals surface area contributed by atoms with Gasteiger partial charge >= 0.3 is 0 Å². The summed E-state index contributed by atoms with van der Waals surface area (Å²) in [7, 11) is 0. The third kappa shape index (κ3) is 3.29. The molecule has 0 aliphatic heterocycles. The Balaban J connectivity index is 1.90. The molecule has 0 fully saturated rings. The second-order valence-corrected chi connectivity index (χ2v) is 7.87. The number of hydrogen-bond donors (Lipinski definition) is 1. The topological polar surface area (TPSA) is 76.9 Å². The number of nitrogens with one attached hydrogen (secondary N) is 1. The lowest BCUT2D eigenvalue weighted by Gasteiger charge is -2.17. The van der Waals surface area contributed by atoms with E-state index in [1.54, 1.807) is 11.3 Å². The molecule has 6 nitrogen and oxygen atoms in total. The van der Waals surface area contributed by atoms with E-state index in [1.807, 2.05) is 13.8 Å². The molecule has 1 aliphatic carbocycles. The van der Waals surface area contributed by atoms with Crippen molar-refractivity contribution in [3.63, 3.8) is 0 Å². The summed E-state index contributed by atoms with van der Waals surface area (Å²) >= 11 is 1.57. The number of rotatable bonds is 4. The van der Waals surface area contributed by atoms with Gasteiger partial charge in [-0.25, -0.2) is 4.68 Å². The number of nitrogens with zero attached hydrogens (tertiary/aromatic N) is 3. The van der Waals surface area contributed by atoms with Crippen LogP contribution in [0.4, 0.5) is 0 Å². The van der Waals surface area contributed by atoms with Crippen LogP contribution in [0, 0.1) is 11.8 Å². The fraction of sp³-hybridized carbons (Fsp3) is 0.625. The van der Waals surface area contributed by atoms with Crippen LogP contribution in [0.1, 0.15) is 37.6 Å². The van der Waals surface area contributed by atoms with Gasteiger partial charge in [-0.3, -0.25) is 9.59 Å². The Morgan fingerprint density at radius 2 is 2.26 bits per heavy atom. The van der Waals surface area contributed by atoms with Crippen molar-refractivity contribution in [2.75, 3.05) is 6.54 Å². The lowest BCUT2D eigenvalue weighted by atomic mass is 9.89. The van der Waals surface area contributed by atoms with Crippen molar-refractivity contribution in [1.29, 1.82) is 0 Å². The molecule has 0 unspecified atom stereocenters. The van der Waals surface area contributed by atoms with Crippen LogP contribution in [0.3, 0.4) is 0 Å². The Hall–Kier alpha value is -1.76. The number of hydrogen-bond acceptors (Lipinski definition) is 5. The Morgan fingerprint density at radius 1 is 1.48 bits per heavy atom. The van der Waals surface area contributed by atoms with Crippen LogP contribution in [0.15, 0.2) is 4.79 Å². The van der Waals surface area contributed by atoms with Crippen molar-refractivity contribution in [2.24, 2.45) is 11.8 Å². The van der Waals surface area contributed by atoms with Crippen LogP contribution >= 0.6 is 11.3 Å². The molecule has 3 rings (SSSR count). The maximum atomic E-state index is 12.7. The van der Waals surface area contributed by atoms with Crippen molar-refractivity contribution >= 4 is 27.5 Å². The third-order valence-electron chi connectivity index (χ3n) is 4.19. The highest BCUT2D eigenvalue weighted by Gasteiger charge is 2.24. The normalized spacial score (nSPS) is 17.5. The van der Waals surface area contributed by atoms with Gasteiger partial charge in [0.2, 0.25) is 5.91 Å². The van der Waals surface area contributed by atoms with Crippen LogP contribution in [0.25, 0.3) is 10.2 Å². The standard InChI is InChI=1S/C16H22N4O2S/c1-9(2)7-17-13(21)8-20-16(22)14-11-5-4-10(3)6-12(11)23-15(14)18-19-20/h9-10H,4-8H2,1-3H3,(H,17,21)/t10-/m0/s1. The van der Waals surface area contributed by atoms with Gasteiger partial charge in [-0.15, -0.1) is 16.4 Å². The van der Waals surface area contributed by atoms with E-state index in [1.165, 1.54) is 9.56 Å². The number of fused-ring (bicyclic) bond motifs is 3. The highest BCUT2D eigenvalue weighted by Crippen LogP contribution is 2.35. The predicted molar refractivity (Wildman–Crippen MR) is 90.7 cm³/mol. The van der Waals surface area contributed by atoms with Crippen LogP contribution in [-0.4, -0.2) is 27.4 Å². The largest absolute Gasteiger partial charge is 0.354 e. The smallest absolute Gasteiger partial charge is 0.279 e. The zero-order valence-electron chi connectivity index (χ0n) is 13.8. The van der Waals surface area contributed by atoms with Gasteiger partial charge < -0.3 is 5.32 Å². The molecule has 7 heteroatoms. The number of aromatic nitrogens is 3. The van der Waals surface area contributed by atoms with Gasteiger partial charge in [0, 0.05) is 11.4 Å². The van der Waals surface area contributed by atoms with Gasteiger partial charge in [0.25, 0.3) is 5.56 Å². The van der Waals surface area contributed by atoms with E-state index in [9.17, 15) is 9.59 Å². The second kappa shape index (κ2) is 6.39. The first-order chi connectivity index (χ1) is 11.0. The summed E-state index contributed by atoms with van der Waals surface area (Å²) in [6, 6.07) is 0. The van der Waals surface area contributed by atoms with Crippen molar-refractivity contribution in [1.82, 2.24) is 20.3 Å². The van der Waals surface area contributed by atoms with Crippen molar-refractivity contribution < 1.29 is 4.79 Å². The Bertz CT molecular complexity index is 793. The SMILES string of the molecule is CC(C)CNC(=O)Cn1nnc2sc3c(c2c1=O)CC[C@H](C)C3. The molecule has 0 saturated carbocycles. The molecular weight excluding hydrogens is 312 g/mol. The Labute approximate surface area is 138 Å². The highest BCUT2D eigenvalue weighted by atomic mass is 32.1. The molecule has 0 saturated heterocycles. The van der Waals surface area contributed by atoms with Crippen LogP contribution in [0.5, 0.6) is 0 Å². The number of carbonyl (C=O) groups excluding carboxylic acids is 1. The predicted octanol–water partition coefficient (Wildman–Crippen LogP) is 1.75. The quantitative estimate of drug-likeness (QED) is 0.924. The van der Waals surface area contributed by atoms with Gasteiger partial charge in [-0.05, 0) is 36.7 Å². The summed E-state index contributed by atoms with van der Waals surface area (Å²) in [4.78, 5) is 26.6. The average Bonchev–Trinajstić information content (AvgIpc) is 2.86. The van der Waals surface area contributed by atoms with E-state index in [0.717, 1.165) is 24.8 Å². The minimum atomic E-state index is -0.202. The number of carbonyl (C=O) groups is 1. The molecule has 1 N–H and O–H groups in total. The van der Waals surface area contributed by atoms with E-state index in [0.29, 0.717) is 28.6 Å². The molecule has 2 aromatic rings. The van der Waals surface area contributed by atoms with E-state index < -0.39 is 0 Å². The zero-order valence-corrected chi connectivity index (χ0v) is 14.6. The lowest BCUT2D eigenvalue weighted by molar-refractivity contribution is -0.122. The third-order valence-corrected chi connectivity index (χ3v) is 5.32. The maximum absolute atomic E-state index is 12.7. The molecule has 124 valence electrons. The number of aryl methyl sites for hydroxylation is 1. The van der Waals surface area contributed by atoms with Gasteiger partial charge in [0.05, 0.1) is 5.39 Å². The van der Waals surface area contributed by atoms with Gasteiger partial charge in [-0.1, -0.05) is 26.0 Å². The van der Waals surface area contributed by atoms with Crippen molar-refractivity contribution in [3.05, 3.63) is 20.8 Å². The molecule has 0 spiro atoms. The molecule has 1 aliphatic rings. The fourth-order valence-corrected chi connectivity index (χ4v) is 4.22. The first kappa shape index (κ1) is 16.1. The first-order valence-electron chi connectivity index (χ1n) is 8.10. The van der Waals surface area contributed by atoms with Gasteiger partial charge in [0.1, 0.15) is 6.54 Å². The molecular formula is C16H22N4O2S. The van der Waals surface area contributed by atoms with E-state index in [4.69, 9.17) is 0 Å². The maximum Gasteiger partial charge on any atom is 0.279 e. The Morgan fingerprint density at radius 3 is 3.00 bits per heavy atom. The molecule has 2 aromatic heterocycles. The molecule has 0 aromatic carbocycles. The summed E-state index contributed by atoms with van der Waals surface area (Å²) in [5.41, 5.74) is 0.932. The molecule has 1 atom stereocenters. The Kier molecular flexibility index (Phi) is 4.48. The summed E-state index contributed by atoms with van der Waals surface area (Å²) < 4.78 is 1.18. The first-order valence-corrected chi connectivity index (χ1v) is 8.92. The van der Waals surface area contributed by atoms with E-state index in [-0.39, 0.29) is 18.0 Å². The number of thiophene rings is 1. The molecule has 23 heavy (non-hydrogen) atoms. The van der Waals surface area contributed by atoms with Gasteiger partial charge in [0.15, 0.2) is 4.83 Å². The number of amides is 1. The van der Waals surface area contributed by atoms with Crippen LogP contribution in [0.2, 0.25) is 0 Å². The molecule has 2 heterocycles. The fourth-order valence-electron chi connectivity index (χ4n) is 2.90. The van der Waals surface area contributed by atoms with E-state index >= 15 is 0 Å². The van der Waals surface area contributed by atoms with Crippen molar-refractivity contribution in [3.8, 4) is 0 Å². The van der Waals surface area contributed by atoms with Gasteiger partial charge in [-0.2, -0.15) is 0 Å². The van der Waals surface area contributed by atoms with E-state index in [2.05, 4.69) is 22.6 Å². The molecule has 1 amide bonds.